The average Bonchev–Trinajstić information content (AvgIpc) is 3.23. The zero-order valence-electron chi connectivity index (χ0n) is 47.8. The fourth-order valence-corrected chi connectivity index (χ4v) is 10.1. The Kier molecular flexibility index (Phi) is 23.6. The van der Waals surface area contributed by atoms with Crippen molar-refractivity contribution in [2.24, 2.45) is 32.8 Å². The van der Waals surface area contributed by atoms with Gasteiger partial charge in [0.25, 0.3) is 0 Å². The quantitative estimate of drug-likeness (QED) is 0.0168. The minimum Gasteiger partial charge on any atom is -0.482 e. The van der Waals surface area contributed by atoms with Gasteiger partial charge in [0.2, 0.25) is 6.29 Å². The summed E-state index contributed by atoms with van der Waals surface area (Å²) in [5.74, 6) is -0.368. The van der Waals surface area contributed by atoms with Crippen molar-refractivity contribution in [2.45, 2.75) is 222 Å². The molecule has 1 aromatic carbocycles. The summed E-state index contributed by atoms with van der Waals surface area (Å²) in [7, 11) is 0. The highest BCUT2D eigenvalue weighted by atomic mass is 17.2. The number of fused-ring (bicyclic) bond motifs is 1. The van der Waals surface area contributed by atoms with Crippen LogP contribution >= 0.6 is 0 Å². The maximum Gasteiger partial charge on any atom is 0.342 e. The van der Waals surface area contributed by atoms with E-state index in [1.165, 1.54) is 13.1 Å². The molecule has 3 rings (SSSR count). The lowest BCUT2D eigenvalue weighted by Gasteiger charge is -2.41. The lowest BCUT2D eigenvalue weighted by Crippen LogP contribution is -2.60. The Morgan fingerprint density at radius 3 is 1.81 bits per heavy atom. The molecule has 9 N–H and O–H groups in total. The molecular formula is C56H100N2O15. The lowest BCUT2D eigenvalue weighted by molar-refractivity contribution is -0.445. The molecule has 1 saturated heterocycles. The second-order valence-corrected chi connectivity index (χ2v) is 26.9. The van der Waals surface area contributed by atoms with Crippen LogP contribution in [0.25, 0.3) is 0 Å². The van der Waals surface area contributed by atoms with Gasteiger partial charge in [0, 0.05) is 36.9 Å². The molecule has 424 valence electrons. The molecule has 2 aliphatic heterocycles. The second kappa shape index (κ2) is 26.6. The van der Waals surface area contributed by atoms with E-state index in [0.29, 0.717) is 32.2 Å². The van der Waals surface area contributed by atoms with E-state index in [2.05, 4.69) is 81.5 Å². The smallest absolute Gasteiger partial charge is 0.342 e. The molecular weight excluding hydrogens is 941 g/mol. The zero-order chi connectivity index (χ0) is 55.5. The van der Waals surface area contributed by atoms with Gasteiger partial charge < -0.3 is 70.1 Å². The van der Waals surface area contributed by atoms with Crippen LogP contribution in [0.15, 0.2) is 24.0 Å². The van der Waals surface area contributed by atoms with Crippen LogP contribution in [0.1, 0.15) is 178 Å². The molecule has 0 aromatic heterocycles. The van der Waals surface area contributed by atoms with Gasteiger partial charge in [0.05, 0.1) is 38.2 Å². The first-order valence-corrected chi connectivity index (χ1v) is 26.4. The molecule has 9 atom stereocenters. The number of benzene rings is 1. The van der Waals surface area contributed by atoms with Crippen molar-refractivity contribution in [3.8, 4) is 5.75 Å². The Morgan fingerprint density at radius 2 is 1.32 bits per heavy atom. The predicted octanol–water partition coefficient (Wildman–Crippen LogP) is 6.93. The number of carbonyl (C=O) groups is 1. The number of carbonyl (C=O) groups excluding carboxylic acids is 1. The molecule has 0 spiro atoms. The van der Waals surface area contributed by atoms with Crippen molar-refractivity contribution < 1.29 is 73.6 Å². The number of aliphatic hydroxyl groups is 6. The van der Waals surface area contributed by atoms with Crippen molar-refractivity contribution in [3.63, 3.8) is 0 Å². The molecule has 0 radical (unpaired) electrons. The highest BCUT2D eigenvalue weighted by Gasteiger charge is 2.47. The van der Waals surface area contributed by atoms with Gasteiger partial charge in [-0.2, -0.15) is 0 Å². The third-order valence-electron chi connectivity index (χ3n) is 13.3. The van der Waals surface area contributed by atoms with Crippen LogP contribution in [0.4, 0.5) is 0 Å². The maximum absolute atomic E-state index is 13.5. The fourth-order valence-electron chi connectivity index (χ4n) is 10.1. The van der Waals surface area contributed by atoms with E-state index in [1.54, 1.807) is 6.07 Å². The first kappa shape index (κ1) is 64.6. The van der Waals surface area contributed by atoms with Gasteiger partial charge in [-0.1, -0.05) is 96.9 Å². The summed E-state index contributed by atoms with van der Waals surface area (Å²) in [6.45, 7) is 37.6. The molecule has 17 nitrogen and oxygen atoms in total. The molecule has 0 saturated carbocycles. The van der Waals surface area contributed by atoms with Gasteiger partial charge in [0.15, 0.2) is 0 Å². The standard InChI is InChI=1S/C56H100N2O15/c1-35(59)42(60)43(61)40(72-73-49-46(64)45(63)44(62)41(70-49)29-69-48(65)38-24-36(52(8,9)10)25-39-47(38)71-55(39,15)16)27-58-26-37(57)28-68-34-56(17,32-66-22-18-20-53(11,12)30-50(2,3)4)33-67-23-19-21-54(13,14)31-51(5,6)7/h24-26,35,40-46,49,58-64H,18-23,27-34,57H2,1-17H3/b37-26-/t35-,40?,41?,42?,43?,44?,45?,46?,49?/m1/s1. The van der Waals surface area contributed by atoms with E-state index in [0.717, 1.165) is 49.7 Å². The number of rotatable bonds is 30. The van der Waals surface area contributed by atoms with Gasteiger partial charge >= 0.3 is 5.97 Å². The fraction of sp³-hybridized carbons (Fsp3) is 0.839. The van der Waals surface area contributed by atoms with Gasteiger partial charge in [-0.25, -0.2) is 14.6 Å². The summed E-state index contributed by atoms with van der Waals surface area (Å²) in [4.78, 5) is 24.4. The zero-order valence-corrected chi connectivity index (χ0v) is 47.8. The number of ether oxygens (including phenoxy) is 6. The highest BCUT2D eigenvalue weighted by Crippen LogP contribution is 2.48. The lowest BCUT2D eigenvalue weighted by atomic mass is 9.74. The molecule has 2 heterocycles. The van der Waals surface area contributed by atoms with Gasteiger partial charge in [-0.15, -0.1) is 0 Å². The summed E-state index contributed by atoms with van der Waals surface area (Å²) in [6, 6.07) is 3.70. The van der Waals surface area contributed by atoms with E-state index >= 15 is 0 Å². The minimum atomic E-state index is -1.86. The van der Waals surface area contributed by atoms with Gasteiger partial charge in [0.1, 0.15) is 66.2 Å². The Bertz CT molecular complexity index is 1840. The van der Waals surface area contributed by atoms with Crippen molar-refractivity contribution in [3.05, 3.63) is 40.7 Å². The Hall–Kier alpha value is -2.65. The molecule has 1 fully saturated rings. The highest BCUT2D eigenvalue weighted by molar-refractivity contribution is 5.94. The summed E-state index contributed by atoms with van der Waals surface area (Å²) >= 11 is 0. The molecule has 0 amide bonds. The van der Waals surface area contributed by atoms with Crippen LogP contribution in [0, 0.1) is 27.1 Å². The number of nitrogens with two attached hydrogens (primary N) is 1. The molecule has 2 aliphatic rings. The van der Waals surface area contributed by atoms with E-state index in [9.17, 15) is 35.4 Å². The molecule has 8 unspecified atom stereocenters. The Balaban J connectivity index is 1.63. The van der Waals surface area contributed by atoms with Crippen LogP contribution in [0.2, 0.25) is 0 Å². The third kappa shape index (κ3) is 21.4. The molecule has 73 heavy (non-hydrogen) atoms. The van der Waals surface area contributed by atoms with Crippen LogP contribution in [-0.2, 0) is 44.5 Å². The minimum absolute atomic E-state index is 0.0231. The maximum atomic E-state index is 13.5. The van der Waals surface area contributed by atoms with Crippen LogP contribution in [0.3, 0.4) is 0 Å². The summed E-state index contributed by atoms with van der Waals surface area (Å²) in [5, 5.41) is 67.1. The Morgan fingerprint density at radius 1 is 0.781 bits per heavy atom. The second-order valence-electron chi connectivity index (χ2n) is 26.9. The number of nitrogens with one attached hydrogen (secondary N) is 1. The monoisotopic (exact) mass is 1040 g/mol. The van der Waals surface area contributed by atoms with Crippen LogP contribution in [0.5, 0.6) is 5.75 Å². The number of hydrogen-bond donors (Lipinski definition) is 8. The molecule has 1 aromatic rings. The van der Waals surface area contributed by atoms with Crippen LogP contribution < -0.4 is 15.8 Å². The normalized spacial score (nSPS) is 22.7. The summed E-state index contributed by atoms with van der Waals surface area (Å²) in [5.41, 5.74) is 8.07. The average molecular weight is 1040 g/mol. The summed E-state index contributed by atoms with van der Waals surface area (Å²) < 4.78 is 35.9. The Labute approximate surface area is 438 Å². The molecule has 0 aliphatic carbocycles. The summed E-state index contributed by atoms with van der Waals surface area (Å²) in [6.07, 6.45) is -7.21. The van der Waals surface area contributed by atoms with Crippen LogP contribution in [-0.4, -0.2) is 145 Å². The first-order chi connectivity index (χ1) is 33.4. The van der Waals surface area contributed by atoms with Gasteiger partial charge in [-0.3, -0.25) is 0 Å². The molecule has 17 heteroatoms. The van der Waals surface area contributed by atoms with E-state index in [1.807, 2.05) is 40.7 Å². The number of aliphatic hydroxyl groups excluding tert-OH is 6. The van der Waals surface area contributed by atoms with E-state index in [4.69, 9.17) is 43.9 Å². The SMILES string of the molecule is C[C@@H](O)C(O)C(O)C(CN/C=C(\N)COCC(C)(COCCCC(C)(C)CC(C)(C)C)COCCCC(C)(C)CC(C)(C)C)OOC1OC(COC(=O)c2cc(C(C)(C)C)cc3c2OC3(C)C)C(O)C(O)C1O. The van der Waals surface area contributed by atoms with Crippen molar-refractivity contribution in [1.82, 2.24) is 5.32 Å². The number of esters is 1. The molecule has 0 bridgehead atoms. The topological polar surface area (TPSA) is 250 Å². The predicted molar refractivity (Wildman–Crippen MR) is 280 cm³/mol. The van der Waals surface area contributed by atoms with E-state index in [-0.39, 0.29) is 58.1 Å². The van der Waals surface area contributed by atoms with Crippen molar-refractivity contribution >= 4 is 5.97 Å². The van der Waals surface area contributed by atoms with E-state index < -0.39 is 78.7 Å². The van der Waals surface area contributed by atoms with Crippen molar-refractivity contribution in [2.75, 3.05) is 52.8 Å². The van der Waals surface area contributed by atoms with Crippen molar-refractivity contribution in [1.29, 1.82) is 0 Å². The first-order valence-electron chi connectivity index (χ1n) is 26.4. The largest absolute Gasteiger partial charge is 0.482 e. The third-order valence-corrected chi connectivity index (χ3v) is 13.3. The van der Waals surface area contributed by atoms with Gasteiger partial charge in [-0.05, 0) is 104 Å². The number of hydrogen-bond acceptors (Lipinski definition) is 17.